The average Bonchev–Trinajstić information content (AvgIpc) is 2.98. The minimum atomic E-state index is -1.88. The number of nitrogens with two attached hydrogens (primary N) is 1. The standard InChI is InChI=1S/C25H44N2O16/c1-6-3-8(13(31)15(33)12(6)30)27-11-7(2)39-24(19(37)14(11)32)42-22-10(5-29)41-25(20(38)17(22)35)43-21-9(4-28)40-23(26)18(36)16(21)34/h3,7-25,27-38H,4-5,26H2,1-2H3/t7?,8-,9?,10?,11+,12-,13?,14+,15+,16-,17-,18?,19?,20?,21+,22+,23+,24+,25+/m0/s1. The Balaban J connectivity index is 1.42. The highest BCUT2D eigenvalue weighted by Gasteiger charge is 2.53. The third-order valence-corrected chi connectivity index (χ3v) is 8.49. The molecule has 0 saturated carbocycles. The van der Waals surface area contributed by atoms with Gasteiger partial charge in [-0.3, -0.25) is 0 Å². The van der Waals surface area contributed by atoms with Crippen LogP contribution in [0.5, 0.6) is 0 Å². The van der Waals surface area contributed by atoms with Crippen molar-refractivity contribution in [3.05, 3.63) is 11.6 Å². The van der Waals surface area contributed by atoms with E-state index in [9.17, 15) is 56.2 Å². The molecule has 0 radical (unpaired) electrons. The number of ether oxygens (including phenoxy) is 5. The summed E-state index contributed by atoms with van der Waals surface area (Å²) in [5, 5.41) is 117. The summed E-state index contributed by atoms with van der Waals surface area (Å²) in [7, 11) is 0. The lowest BCUT2D eigenvalue weighted by atomic mass is 9.87. The molecule has 0 amide bonds. The van der Waals surface area contributed by atoms with Gasteiger partial charge in [-0.2, -0.15) is 0 Å². The molecule has 4 rings (SSSR count). The zero-order valence-corrected chi connectivity index (χ0v) is 23.5. The molecule has 3 heterocycles. The van der Waals surface area contributed by atoms with Crippen LogP contribution in [-0.4, -0.2) is 186 Å². The van der Waals surface area contributed by atoms with Gasteiger partial charge in [-0.1, -0.05) is 6.08 Å². The Morgan fingerprint density at radius 1 is 0.698 bits per heavy atom. The molecule has 0 spiro atoms. The van der Waals surface area contributed by atoms with Crippen LogP contribution in [0, 0.1) is 0 Å². The maximum atomic E-state index is 10.9. The summed E-state index contributed by atoms with van der Waals surface area (Å²) in [6.07, 6.45) is -24.2. The molecule has 3 saturated heterocycles. The molecular formula is C25H44N2O16. The minimum Gasteiger partial charge on any atom is -0.394 e. The third-order valence-electron chi connectivity index (χ3n) is 8.49. The first-order valence-electron chi connectivity index (χ1n) is 14.0. The number of hydrogen-bond donors (Lipinski definition) is 13. The summed E-state index contributed by atoms with van der Waals surface area (Å²) in [6.45, 7) is 1.59. The van der Waals surface area contributed by atoms with Gasteiger partial charge in [-0.05, 0) is 19.4 Å². The average molecular weight is 629 g/mol. The Hall–Kier alpha value is -0.980. The summed E-state index contributed by atoms with van der Waals surface area (Å²) in [5.74, 6) is 0. The maximum Gasteiger partial charge on any atom is 0.187 e. The highest BCUT2D eigenvalue weighted by atomic mass is 16.7. The highest BCUT2D eigenvalue weighted by molar-refractivity contribution is 5.20. The van der Waals surface area contributed by atoms with E-state index in [2.05, 4.69) is 5.32 Å². The lowest BCUT2D eigenvalue weighted by molar-refractivity contribution is -0.367. The van der Waals surface area contributed by atoms with E-state index in [1.54, 1.807) is 6.92 Å². The third kappa shape index (κ3) is 6.92. The van der Waals surface area contributed by atoms with Crippen molar-refractivity contribution >= 4 is 0 Å². The second-order valence-electron chi connectivity index (χ2n) is 11.5. The largest absolute Gasteiger partial charge is 0.394 e. The quantitative estimate of drug-likeness (QED) is 0.111. The first kappa shape index (κ1) is 34.9. The van der Waals surface area contributed by atoms with E-state index in [0.29, 0.717) is 5.57 Å². The molecule has 0 aromatic carbocycles. The molecule has 18 heteroatoms. The first-order valence-corrected chi connectivity index (χ1v) is 14.0. The van der Waals surface area contributed by atoms with Crippen LogP contribution in [0.4, 0.5) is 0 Å². The molecule has 1 aliphatic carbocycles. The summed E-state index contributed by atoms with van der Waals surface area (Å²) in [4.78, 5) is 0. The van der Waals surface area contributed by atoms with Crippen molar-refractivity contribution in [1.29, 1.82) is 0 Å². The van der Waals surface area contributed by atoms with Crippen LogP contribution >= 0.6 is 0 Å². The van der Waals surface area contributed by atoms with E-state index in [-0.39, 0.29) is 0 Å². The van der Waals surface area contributed by atoms with E-state index < -0.39 is 130 Å². The Labute approximate surface area is 246 Å². The number of rotatable bonds is 8. The summed E-state index contributed by atoms with van der Waals surface area (Å²) < 4.78 is 27.8. The second kappa shape index (κ2) is 14.2. The zero-order chi connectivity index (χ0) is 31.9. The number of nitrogens with one attached hydrogen (secondary N) is 1. The van der Waals surface area contributed by atoms with Gasteiger partial charge in [-0.25, -0.2) is 0 Å². The smallest absolute Gasteiger partial charge is 0.187 e. The second-order valence-corrected chi connectivity index (χ2v) is 11.5. The van der Waals surface area contributed by atoms with Crippen molar-refractivity contribution in [2.75, 3.05) is 13.2 Å². The summed E-state index contributed by atoms with van der Waals surface area (Å²) in [5.41, 5.74) is 5.97. The van der Waals surface area contributed by atoms with Crippen molar-refractivity contribution in [2.24, 2.45) is 5.73 Å². The van der Waals surface area contributed by atoms with E-state index in [4.69, 9.17) is 29.4 Å². The van der Waals surface area contributed by atoms with Crippen LogP contribution in [-0.2, 0) is 23.7 Å². The predicted octanol–water partition coefficient (Wildman–Crippen LogP) is -7.57. The predicted molar refractivity (Wildman–Crippen MR) is 138 cm³/mol. The molecule has 43 heavy (non-hydrogen) atoms. The Morgan fingerprint density at radius 2 is 1.21 bits per heavy atom. The molecule has 3 aliphatic heterocycles. The van der Waals surface area contributed by atoms with Gasteiger partial charge in [0.25, 0.3) is 0 Å². The fourth-order valence-corrected chi connectivity index (χ4v) is 5.82. The van der Waals surface area contributed by atoms with Crippen LogP contribution in [0.1, 0.15) is 13.8 Å². The van der Waals surface area contributed by atoms with Gasteiger partial charge in [0.1, 0.15) is 85.6 Å². The van der Waals surface area contributed by atoms with Crippen molar-refractivity contribution in [3.8, 4) is 0 Å². The molecule has 4 aliphatic rings. The molecule has 14 N–H and O–H groups in total. The lowest BCUT2D eigenvalue weighted by Gasteiger charge is -2.48. The van der Waals surface area contributed by atoms with Gasteiger partial charge in [-0.15, -0.1) is 0 Å². The monoisotopic (exact) mass is 628 g/mol. The van der Waals surface area contributed by atoms with E-state index in [1.165, 1.54) is 13.0 Å². The maximum absolute atomic E-state index is 10.9. The SMILES string of the molecule is CC1=C[C@H](N[C@@H]2C(C)O[C@H](O[C@@H]3C(CO)O[C@H](O[C@@H]4C(CO)O[C@@H](N)C(O)[C@@H]4O)C(O)[C@@H]3O)C(O)[C@@H]2O)C(O)[C@H](O)[C@H]1O. The fourth-order valence-electron chi connectivity index (χ4n) is 5.82. The van der Waals surface area contributed by atoms with Crippen molar-refractivity contribution in [2.45, 2.75) is 130 Å². The van der Waals surface area contributed by atoms with Crippen molar-refractivity contribution in [3.63, 3.8) is 0 Å². The normalized spacial score (nSPS) is 53.0. The highest BCUT2D eigenvalue weighted by Crippen LogP contribution is 2.32. The Kier molecular flexibility index (Phi) is 11.5. The molecule has 250 valence electrons. The van der Waals surface area contributed by atoms with Gasteiger partial charge >= 0.3 is 0 Å². The van der Waals surface area contributed by atoms with Crippen LogP contribution in [0.25, 0.3) is 0 Å². The van der Waals surface area contributed by atoms with Crippen molar-refractivity contribution in [1.82, 2.24) is 5.32 Å². The van der Waals surface area contributed by atoms with Gasteiger partial charge in [0.05, 0.1) is 31.4 Å². The topological polar surface area (TPSA) is 307 Å². The van der Waals surface area contributed by atoms with Crippen LogP contribution in [0.15, 0.2) is 11.6 Å². The molecule has 18 nitrogen and oxygen atoms in total. The summed E-state index contributed by atoms with van der Waals surface area (Å²) >= 11 is 0. The van der Waals surface area contributed by atoms with Crippen molar-refractivity contribution < 1.29 is 79.9 Å². The Morgan fingerprint density at radius 3 is 1.79 bits per heavy atom. The lowest BCUT2D eigenvalue weighted by Crippen LogP contribution is -2.68. The van der Waals surface area contributed by atoms with Gasteiger partial charge in [0, 0.05) is 0 Å². The number of aliphatic hydroxyl groups excluding tert-OH is 11. The van der Waals surface area contributed by atoms with E-state index in [0.717, 1.165) is 0 Å². The molecule has 0 aromatic rings. The number of hydrogen-bond acceptors (Lipinski definition) is 18. The molecular weight excluding hydrogens is 584 g/mol. The molecule has 7 unspecified atom stereocenters. The first-order chi connectivity index (χ1) is 20.2. The van der Waals surface area contributed by atoms with E-state index in [1.807, 2.05) is 0 Å². The number of aliphatic hydroxyl groups is 11. The van der Waals surface area contributed by atoms with Gasteiger partial charge in [0.15, 0.2) is 12.6 Å². The zero-order valence-electron chi connectivity index (χ0n) is 23.5. The summed E-state index contributed by atoms with van der Waals surface area (Å²) in [6, 6.07) is -1.92. The van der Waals surface area contributed by atoms with Crippen LogP contribution in [0.3, 0.4) is 0 Å². The minimum absolute atomic E-state index is 0.384. The molecule has 3 fully saturated rings. The van der Waals surface area contributed by atoms with Crippen LogP contribution in [0.2, 0.25) is 0 Å². The van der Waals surface area contributed by atoms with Gasteiger partial charge in [0.2, 0.25) is 0 Å². The Bertz CT molecular complexity index is 945. The van der Waals surface area contributed by atoms with Crippen LogP contribution < -0.4 is 11.1 Å². The van der Waals surface area contributed by atoms with Gasteiger partial charge < -0.3 is 90.9 Å². The molecule has 19 atom stereocenters. The fraction of sp³-hybridized carbons (Fsp3) is 0.920. The molecule has 0 aromatic heterocycles. The molecule has 0 bridgehead atoms. The van der Waals surface area contributed by atoms with E-state index >= 15 is 0 Å².